The van der Waals surface area contributed by atoms with Gasteiger partial charge in [-0.2, -0.15) is 0 Å². The normalized spacial score (nSPS) is 10.0. The smallest absolute Gasteiger partial charge is 0.262 e. The fourth-order valence-corrected chi connectivity index (χ4v) is 2.57. The van der Waals surface area contributed by atoms with E-state index in [-0.39, 0.29) is 18.4 Å². The highest BCUT2D eigenvalue weighted by atomic mass is 16.5. The largest absolute Gasteiger partial charge is 0.496 e. The molecule has 0 spiro atoms. The molecule has 0 aliphatic carbocycles. The van der Waals surface area contributed by atoms with Crippen LogP contribution >= 0.6 is 0 Å². The molecule has 142 valence electrons. The maximum Gasteiger partial charge on any atom is 0.262 e. The predicted molar refractivity (Wildman–Crippen MR) is 108 cm³/mol. The van der Waals surface area contributed by atoms with Crippen molar-refractivity contribution < 1.29 is 19.1 Å². The number of methoxy groups -OCH3 is 1. The molecule has 0 heterocycles. The molecule has 0 saturated carbocycles. The van der Waals surface area contributed by atoms with Crippen molar-refractivity contribution in [1.29, 1.82) is 0 Å². The minimum atomic E-state index is -0.298. The molecule has 28 heavy (non-hydrogen) atoms. The number of hydrogen-bond acceptors (Lipinski definition) is 4. The van der Waals surface area contributed by atoms with Crippen LogP contribution in [0.3, 0.4) is 0 Å². The number of amides is 2. The zero-order valence-corrected chi connectivity index (χ0v) is 15.3. The van der Waals surface area contributed by atoms with Gasteiger partial charge in [0.25, 0.3) is 11.8 Å². The van der Waals surface area contributed by atoms with Crippen molar-refractivity contribution in [3.63, 3.8) is 0 Å². The summed E-state index contributed by atoms with van der Waals surface area (Å²) in [6, 6.07) is 23.0. The summed E-state index contributed by atoms with van der Waals surface area (Å²) in [7, 11) is 1.51. The molecule has 2 amide bonds. The molecule has 0 saturated heterocycles. The molecule has 0 radical (unpaired) electrons. The van der Waals surface area contributed by atoms with Gasteiger partial charge in [-0.1, -0.05) is 36.4 Å². The second-order valence-corrected chi connectivity index (χ2v) is 5.89. The van der Waals surface area contributed by atoms with Crippen molar-refractivity contribution in [3.8, 4) is 11.5 Å². The van der Waals surface area contributed by atoms with Crippen LogP contribution in [0.4, 0.5) is 11.4 Å². The van der Waals surface area contributed by atoms with Gasteiger partial charge in [0.15, 0.2) is 6.61 Å². The van der Waals surface area contributed by atoms with Crippen molar-refractivity contribution in [2.75, 3.05) is 24.4 Å². The predicted octanol–water partition coefficient (Wildman–Crippen LogP) is 3.97. The number of hydrogen-bond donors (Lipinski definition) is 2. The molecule has 0 aromatic heterocycles. The van der Waals surface area contributed by atoms with Gasteiger partial charge in [-0.05, 0) is 42.5 Å². The number of ether oxygens (including phenoxy) is 2. The molecule has 0 fully saturated rings. The van der Waals surface area contributed by atoms with E-state index in [2.05, 4.69) is 10.6 Å². The van der Waals surface area contributed by atoms with Crippen molar-refractivity contribution in [2.24, 2.45) is 0 Å². The summed E-state index contributed by atoms with van der Waals surface area (Å²) >= 11 is 0. The lowest BCUT2D eigenvalue weighted by Crippen LogP contribution is -2.20. The Morgan fingerprint density at radius 2 is 1.50 bits per heavy atom. The highest BCUT2D eigenvalue weighted by Crippen LogP contribution is 2.21. The molecule has 0 bridgehead atoms. The SMILES string of the molecule is COc1ccccc1C(=O)Nc1cccc(NC(=O)COc2ccccc2)c1. The molecular weight excluding hydrogens is 356 g/mol. The van der Waals surface area contributed by atoms with Crippen LogP contribution in [0.2, 0.25) is 0 Å². The van der Waals surface area contributed by atoms with Crippen molar-refractivity contribution >= 4 is 23.2 Å². The maximum atomic E-state index is 12.5. The van der Waals surface area contributed by atoms with Gasteiger partial charge >= 0.3 is 0 Å². The van der Waals surface area contributed by atoms with Crippen LogP contribution in [-0.2, 0) is 4.79 Å². The molecule has 0 atom stereocenters. The quantitative estimate of drug-likeness (QED) is 0.654. The standard InChI is InChI=1S/C22H20N2O4/c1-27-20-13-6-5-12-19(20)22(26)24-17-9-7-8-16(14-17)23-21(25)15-28-18-10-3-2-4-11-18/h2-14H,15H2,1H3,(H,23,25)(H,24,26). The first-order valence-corrected chi connectivity index (χ1v) is 8.68. The fourth-order valence-electron chi connectivity index (χ4n) is 2.57. The molecule has 3 rings (SSSR count). The summed E-state index contributed by atoms with van der Waals surface area (Å²) in [5.41, 5.74) is 1.54. The molecule has 6 nitrogen and oxygen atoms in total. The summed E-state index contributed by atoms with van der Waals surface area (Å²) in [5.74, 6) is 0.517. The Kier molecular flexibility index (Phi) is 6.25. The number of carbonyl (C=O) groups is 2. The summed E-state index contributed by atoms with van der Waals surface area (Å²) in [4.78, 5) is 24.6. The van der Waals surface area contributed by atoms with Crippen molar-refractivity contribution in [3.05, 3.63) is 84.4 Å². The fraction of sp³-hybridized carbons (Fsp3) is 0.0909. The summed E-state index contributed by atoms with van der Waals surface area (Å²) < 4.78 is 10.6. The third kappa shape index (κ3) is 5.11. The Hall–Kier alpha value is -3.80. The number of carbonyl (C=O) groups excluding carboxylic acids is 2. The first-order valence-electron chi connectivity index (χ1n) is 8.68. The average molecular weight is 376 g/mol. The first-order chi connectivity index (χ1) is 13.7. The van der Waals surface area contributed by atoms with Crippen LogP contribution in [0.1, 0.15) is 10.4 Å². The Morgan fingerprint density at radius 1 is 0.821 bits per heavy atom. The van der Waals surface area contributed by atoms with Crippen LogP contribution < -0.4 is 20.1 Å². The van der Waals surface area contributed by atoms with E-state index in [1.54, 1.807) is 60.7 Å². The summed E-state index contributed by atoms with van der Waals surface area (Å²) in [6.07, 6.45) is 0. The van der Waals surface area contributed by atoms with Gasteiger partial charge in [0, 0.05) is 11.4 Å². The van der Waals surface area contributed by atoms with E-state index >= 15 is 0 Å². The van der Waals surface area contributed by atoms with E-state index in [0.29, 0.717) is 28.4 Å². The topological polar surface area (TPSA) is 76.7 Å². The molecule has 3 aromatic rings. The van der Waals surface area contributed by atoms with E-state index < -0.39 is 0 Å². The molecule has 0 aliphatic heterocycles. The zero-order valence-electron chi connectivity index (χ0n) is 15.3. The second-order valence-electron chi connectivity index (χ2n) is 5.89. The number of benzene rings is 3. The van der Waals surface area contributed by atoms with Crippen LogP contribution in [0, 0.1) is 0 Å². The zero-order chi connectivity index (χ0) is 19.8. The number of rotatable bonds is 7. The Bertz CT molecular complexity index is 958. The Morgan fingerprint density at radius 3 is 2.25 bits per heavy atom. The molecule has 6 heteroatoms. The molecular formula is C22H20N2O4. The van der Waals surface area contributed by atoms with Gasteiger partial charge in [-0.3, -0.25) is 9.59 Å². The minimum absolute atomic E-state index is 0.109. The molecule has 0 aliphatic rings. The van der Waals surface area contributed by atoms with E-state index in [9.17, 15) is 9.59 Å². The average Bonchev–Trinajstić information content (AvgIpc) is 2.73. The summed E-state index contributed by atoms with van der Waals surface area (Å²) in [5, 5.41) is 5.55. The number of anilines is 2. The lowest BCUT2D eigenvalue weighted by molar-refractivity contribution is -0.118. The van der Waals surface area contributed by atoms with Crippen molar-refractivity contribution in [2.45, 2.75) is 0 Å². The lowest BCUT2D eigenvalue weighted by Gasteiger charge is -2.11. The highest BCUT2D eigenvalue weighted by Gasteiger charge is 2.12. The van der Waals surface area contributed by atoms with E-state index in [1.807, 2.05) is 18.2 Å². The van der Waals surface area contributed by atoms with Gasteiger partial charge in [0.05, 0.1) is 12.7 Å². The number of nitrogens with one attached hydrogen (secondary N) is 2. The number of para-hydroxylation sites is 2. The van der Waals surface area contributed by atoms with Crippen molar-refractivity contribution in [1.82, 2.24) is 0 Å². The van der Waals surface area contributed by atoms with E-state index in [0.717, 1.165) is 0 Å². The Balaban J connectivity index is 1.60. The molecule has 2 N–H and O–H groups in total. The minimum Gasteiger partial charge on any atom is -0.496 e. The highest BCUT2D eigenvalue weighted by molar-refractivity contribution is 6.06. The maximum absolute atomic E-state index is 12.5. The molecule has 0 unspecified atom stereocenters. The van der Waals surface area contributed by atoms with E-state index in [4.69, 9.17) is 9.47 Å². The third-order valence-electron chi connectivity index (χ3n) is 3.87. The van der Waals surface area contributed by atoms with Crippen LogP contribution in [-0.4, -0.2) is 25.5 Å². The molecule has 3 aromatic carbocycles. The van der Waals surface area contributed by atoms with Gasteiger partial charge in [0.2, 0.25) is 0 Å². The van der Waals surface area contributed by atoms with Crippen LogP contribution in [0.15, 0.2) is 78.9 Å². The van der Waals surface area contributed by atoms with Gasteiger partial charge in [-0.25, -0.2) is 0 Å². The van der Waals surface area contributed by atoms with E-state index in [1.165, 1.54) is 7.11 Å². The second kappa shape index (κ2) is 9.23. The van der Waals surface area contributed by atoms with Gasteiger partial charge < -0.3 is 20.1 Å². The Labute approximate surface area is 163 Å². The van der Waals surface area contributed by atoms with Crippen LogP contribution in [0.5, 0.6) is 11.5 Å². The lowest BCUT2D eigenvalue weighted by atomic mass is 10.2. The van der Waals surface area contributed by atoms with Gasteiger partial charge in [-0.15, -0.1) is 0 Å². The third-order valence-corrected chi connectivity index (χ3v) is 3.87. The summed E-state index contributed by atoms with van der Waals surface area (Å²) in [6.45, 7) is -0.109. The first kappa shape index (κ1) is 19.0. The van der Waals surface area contributed by atoms with Gasteiger partial charge in [0.1, 0.15) is 11.5 Å². The monoisotopic (exact) mass is 376 g/mol. The van der Waals surface area contributed by atoms with Crippen LogP contribution in [0.25, 0.3) is 0 Å².